The molecule has 1 aromatic carbocycles. The number of halogens is 1. The van der Waals surface area contributed by atoms with Gasteiger partial charge in [0.15, 0.2) is 6.23 Å². The second kappa shape index (κ2) is 24.5. The van der Waals surface area contributed by atoms with Crippen LogP contribution in [0, 0.1) is 15.4 Å². The third kappa shape index (κ3) is 16.8. The van der Waals surface area contributed by atoms with Crippen LogP contribution in [-0.4, -0.2) is 171 Å². The molecule has 1 aromatic rings. The summed E-state index contributed by atoms with van der Waals surface area (Å²) in [7, 11) is 0. The molecule has 58 heavy (non-hydrogen) atoms. The van der Waals surface area contributed by atoms with E-state index < -0.39 is 85.4 Å². The number of nitrogens with one attached hydrogen (secondary N) is 2. The van der Waals surface area contributed by atoms with Gasteiger partial charge in [-0.3, -0.25) is 43.4 Å². The molecule has 322 valence electrons. The first-order valence-electron chi connectivity index (χ1n) is 19.1. The van der Waals surface area contributed by atoms with E-state index in [0.29, 0.717) is 30.0 Å². The molecule has 0 bridgehead atoms. The zero-order chi connectivity index (χ0) is 42.8. The van der Waals surface area contributed by atoms with Crippen LogP contribution in [0.15, 0.2) is 24.3 Å². The molecular formula is C37H53IN6O14. The maximum Gasteiger partial charge on any atom is 0.335 e. The summed E-state index contributed by atoms with van der Waals surface area (Å²) >= 11 is 2.11. The number of aliphatic carboxylic acids is 4. The van der Waals surface area contributed by atoms with E-state index in [4.69, 9.17) is 4.84 Å². The molecule has 2 atom stereocenters. The second-order valence-corrected chi connectivity index (χ2v) is 15.5. The van der Waals surface area contributed by atoms with Crippen LogP contribution >= 0.6 is 22.6 Å². The smallest absolute Gasteiger partial charge is 0.335 e. The molecular weight excluding hydrogens is 879 g/mol. The summed E-state index contributed by atoms with van der Waals surface area (Å²) in [5.41, 5.74) is 0.527. The van der Waals surface area contributed by atoms with E-state index in [0.717, 1.165) is 8.47 Å². The summed E-state index contributed by atoms with van der Waals surface area (Å²) in [6.07, 6.45) is 1.19. The molecule has 1 saturated heterocycles. The fraction of sp³-hybridized carbons (Fsp3) is 0.622. The molecule has 3 rings (SSSR count). The number of carbonyl (C=O) groups is 8. The summed E-state index contributed by atoms with van der Waals surface area (Å²) in [4.78, 5) is 107. The van der Waals surface area contributed by atoms with Crippen molar-refractivity contribution in [3.05, 3.63) is 33.4 Å². The van der Waals surface area contributed by atoms with Crippen molar-refractivity contribution >= 4 is 70.2 Å². The minimum Gasteiger partial charge on any atom is -0.480 e. The van der Waals surface area contributed by atoms with Crippen molar-refractivity contribution in [3.63, 3.8) is 0 Å². The number of benzene rings is 1. The predicted octanol–water partition coefficient (Wildman–Crippen LogP) is 0.126. The van der Waals surface area contributed by atoms with Gasteiger partial charge in [0.2, 0.25) is 5.91 Å². The first-order chi connectivity index (χ1) is 27.5. The highest BCUT2D eigenvalue weighted by molar-refractivity contribution is 14.1. The second-order valence-electron chi connectivity index (χ2n) is 14.3. The average molecular weight is 933 g/mol. The highest BCUT2D eigenvalue weighted by Gasteiger charge is 2.38. The number of unbranched alkanes of at least 4 members (excludes halogenated alkanes) is 1. The van der Waals surface area contributed by atoms with Crippen LogP contribution in [0.1, 0.15) is 68.1 Å². The van der Waals surface area contributed by atoms with Gasteiger partial charge in [-0.1, -0.05) is 6.07 Å². The van der Waals surface area contributed by atoms with Gasteiger partial charge in [-0.15, -0.1) is 5.06 Å². The highest BCUT2D eigenvalue weighted by Crippen LogP contribution is 2.32. The lowest BCUT2D eigenvalue weighted by molar-refractivity contribution is -0.224. The van der Waals surface area contributed by atoms with Crippen molar-refractivity contribution < 1.29 is 68.7 Å². The number of nitrogens with zero attached hydrogens (tertiary/aromatic N) is 4. The van der Waals surface area contributed by atoms with Crippen LogP contribution in [-0.2, 0) is 38.4 Å². The Morgan fingerprint density at radius 1 is 0.793 bits per heavy atom. The van der Waals surface area contributed by atoms with E-state index in [1.54, 1.807) is 18.2 Å². The normalized spacial score (nSPS) is 18.5. The quantitative estimate of drug-likeness (QED) is 0.0480. The summed E-state index contributed by atoms with van der Waals surface area (Å²) in [6, 6.07) is 6.17. The fourth-order valence-corrected chi connectivity index (χ4v) is 7.32. The van der Waals surface area contributed by atoms with E-state index in [1.807, 2.05) is 6.07 Å². The maximum atomic E-state index is 13.5. The number of rotatable bonds is 26. The number of carboxylic acids is 4. The number of hydrogen-bond donors (Lipinski definition) is 7. The first-order valence-corrected chi connectivity index (χ1v) is 20.2. The number of carbonyl (C=O) groups excluding carboxylic acids is 4. The van der Waals surface area contributed by atoms with Gasteiger partial charge in [0.1, 0.15) is 12.6 Å². The topological polar surface area (TPSA) is 284 Å². The van der Waals surface area contributed by atoms with Gasteiger partial charge < -0.3 is 45.9 Å². The van der Waals surface area contributed by atoms with Gasteiger partial charge >= 0.3 is 29.8 Å². The van der Waals surface area contributed by atoms with E-state index in [9.17, 15) is 63.9 Å². The fourth-order valence-electron chi connectivity index (χ4n) is 6.78. The van der Waals surface area contributed by atoms with Crippen molar-refractivity contribution in [2.45, 2.75) is 70.1 Å². The molecule has 2 aliphatic rings. The Bertz CT molecular complexity index is 1610. The molecule has 2 fully saturated rings. The Morgan fingerprint density at radius 2 is 1.40 bits per heavy atom. The molecule has 0 aromatic heterocycles. The van der Waals surface area contributed by atoms with Gasteiger partial charge in [-0.2, -0.15) is 0 Å². The molecule has 7 N–H and O–H groups in total. The Kier molecular flexibility index (Phi) is 20.2. The average Bonchev–Trinajstić information content (AvgIpc) is 3.48. The Labute approximate surface area is 348 Å². The van der Waals surface area contributed by atoms with Crippen LogP contribution in [0.4, 0.5) is 0 Å². The van der Waals surface area contributed by atoms with Gasteiger partial charge in [0.25, 0.3) is 11.8 Å². The molecule has 21 heteroatoms. The van der Waals surface area contributed by atoms with Crippen LogP contribution in [0.25, 0.3) is 0 Å². The Hall–Kier alpha value is -4.45. The lowest BCUT2D eigenvalue weighted by Crippen LogP contribution is -2.48. The van der Waals surface area contributed by atoms with Gasteiger partial charge in [-0.25, -0.2) is 4.79 Å². The van der Waals surface area contributed by atoms with Crippen molar-refractivity contribution in [2.24, 2.45) is 11.8 Å². The van der Waals surface area contributed by atoms with Crippen LogP contribution < -0.4 is 10.6 Å². The van der Waals surface area contributed by atoms with Gasteiger partial charge in [0, 0.05) is 73.7 Å². The first kappa shape index (κ1) is 47.9. The zero-order valence-electron chi connectivity index (χ0n) is 32.1. The van der Waals surface area contributed by atoms with E-state index in [2.05, 4.69) is 33.2 Å². The van der Waals surface area contributed by atoms with Gasteiger partial charge in [-0.05, 0) is 85.7 Å². The van der Waals surface area contributed by atoms with E-state index >= 15 is 0 Å². The van der Waals surface area contributed by atoms with Crippen molar-refractivity contribution in [3.8, 4) is 0 Å². The van der Waals surface area contributed by atoms with Crippen LogP contribution in [0.5, 0.6) is 0 Å². The van der Waals surface area contributed by atoms with Crippen molar-refractivity contribution in [1.29, 1.82) is 0 Å². The molecule has 0 radical (unpaired) electrons. The number of aliphatic hydroxyl groups excluding tert-OH is 1. The molecule has 1 heterocycles. The van der Waals surface area contributed by atoms with E-state index in [-0.39, 0.29) is 90.1 Å². The van der Waals surface area contributed by atoms with E-state index in [1.165, 1.54) is 9.80 Å². The molecule has 20 nitrogen and oxygen atoms in total. The standard InChI is InChI=1S/C37H53IN6O14/c38-27-5-3-4-26(20-27)34(53)40-13-2-1-6-28(36(55)56)39-14-15-41(21-31(47)48)16-17-42(22-32(49)50)18-19-43(23-33(51)52)35(54)24-7-9-25(10-8-24)37(57)58-44-29(45)11-12-30(44)46/h3-5,20,24-25,28-29,39,45H,1-2,6-19,21-23H2,(H,40,53)(H,47,48)(H,49,50)(H,51,52)(H,55,56)/t24?,25?,28-,29?/m1/s1. The summed E-state index contributed by atoms with van der Waals surface area (Å²) in [6.45, 7) is -1.09. The van der Waals surface area contributed by atoms with Crippen molar-refractivity contribution in [1.82, 2.24) is 30.4 Å². The molecule has 3 amide bonds. The molecule has 0 spiro atoms. The third-order valence-corrected chi connectivity index (χ3v) is 10.6. The highest BCUT2D eigenvalue weighted by atomic mass is 127. The summed E-state index contributed by atoms with van der Waals surface area (Å²) in [5, 5.41) is 54.6. The number of hydrogen-bond acceptors (Lipinski definition) is 13. The summed E-state index contributed by atoms with van der Waals surface area (Å²) < 4.78 is 0.922. The molecule has 1 aliphatic carbocycles. The monoisotopic (exact) mass is 932 g/mol. The summed E-state index contributed by atoms with van der Waals surface area (Å²) in [5.74, 6) is -7.89. The SMILES string of the molecule is O=C(O)CN(CCN[C@H](CCCCNC(=O)c1cccc(I)c1)C(=O)O)CCN(CCN(CC(=O)O)C(=O)C1CCC(C(=O)ON2C(=O)CCC2O)CC1)CC(=O)O. The number of aliphatic hydroxyl groups is 1. The van der Waals surface area contributed by atoms with Crippen molar-refractivity contribution in [2.75, 3.05) is 65.4 Å². The molecule has 1 unspecified atom stereocenters. The number of carboxylic acid groups (broad SMARTS) is 4. The number of amides is 3. The zero-order valence-corrected chi connectivity index (χ0v) is 34.3. The molecule has 1 aliphatic heterocycles. The van der Waals surface area contributed by atoms with Crippen LogP contribution in [0.3, 0.4) is 0 Å². The lowest BCUT2D eigenvalue weighted by Gasteiger charge is -2.33. The van der Waals surface area contributed by atoms with Gasteiger partial charge in [0.05, 0.1) is 19.0 Å². The minimum absolute atomic E-state index is 0.0341. The number of hydroxylamine groups is 2. The lowest BCUT2D eigenvalue weighted by atomic mass is 9.81. The largest absolute Gasteiger partial charge is 0.480 e. The van der Waals surface area contributed by atoms with Crippen LogP contribution in [0.2, 0.25) is 0 Å². The predicted molar refractivity (Wildman–Crippen MR) is 211 cm³/mol. The third-order valence-electron chi connectivity index (χ3n) is 9.91. The minimum atomic E-state index is -1.28. The Morgan fingerprint density at radius 3 is 1.97 bits per heavy atom. The maximum absolute atomic E-state index is 13.5. The Balaban J connectivity index is 1.48. The molecule has 1 saturated carbocycles.